The van der Waals surface area contributed by atoms with E-state index >= 15 is 0 Å². The van der Waals surface area contributed by atoms with Crippen molar-refractivity contribution in [1.82, 2.24) is 5.32 Å². The number of amides is 2. The molecule has 1 fully saturated rings. The molecular weight excluding hydrogens is 264 g/mol. The van der Waals surface area contributed by atoms with E-state index in [0.29, 0.717) is 13.1 Å². The van der Waals surface area contributed by atoms with Gasteiger partial charge in [0, 0.05) is 24.8 Å². The summed E-state index contributed by atoms with van der Waals surface area (Å²) < 4.78 is 28.0. The van der Waals surface area contributed by atoms with Crippen molar-refractivity contribution >= 4 is 17.4 Å². The molecule has 20 heavy (non-hydrogen) atoms. The molecular formula is C14H19F2N3O. The molecule has 1 heterocycles. The van der Waals surface area contributed by atoms with Gasteiger partial charge in [-0.3, -0.25) is 0 Å². The Labute approximate surface area is 117 Å². The number of urea groups is 1. The first-order valence-electron chi connectivity index (χ1n) is 6.79. The normalized spacial score (nSPS) is 14.8. The zero-order valence-corrected chi connectivity index (χ0v) is 11.7. The maximum absolute atomic E-state index is 14.0. The van der Waals surface area contributed by atoms with Gasteiger partial charge < -0.3 is 15.5 Å². The summed E-state index contributed by atoms with van der Waals surface area (Å²) in [5.41, 5.74) is 0.110. The van der Waals surface area contributed by atoms with E-state index in [2.05, 4.69) is 10.6 Å². The zero-order valence-electron chi connectivity index (χ0n) is 11.7. The number of carbonyl (C=O) groups excluding carboxylic acids is 1. The Hall–Kier alpha value is -1.85. The van der Waals surface area contributed by atoms with Crippen LogP contribution in [0, 0.1) is 11.6 Å². The molecule has 1 aliphatic rings. The van der Waals surface area contributed by atoms with Crippen LogP contribution in [0.2, 0.25) is 0 Å². The number of carbonyl (C=O) groups is 1. The number of anilines is 2. The molecule has 2 rings (SSSR count). The Balaban J connectivity index is 2.15. The molecule has 1 saturated heterocycles. The van der Waals surface area contributed by atoms with Gasteiger partial charge in [0.2, 0.25) is 0 Å². The van der Waals surface area contributed by atoms with E-state index in [-0.39, 0.29) is 17.4 Å². The molecule has 1 aliphatic heterocycles. The highest BCUT2D eigenvalue weighted by Crippen LogP contribution is 2.29. The average Bonchev–Trinajstić information content (AvgIpc) is 2.79. The van der Waals surface area contributed by atoms with Crippen molar-refractivity contribution in [3.63, 3.8) is 0 Å². The number of nitrogens with zero attached hydrogens (tertiary/aromatic N) is 1. The van der Waals surface area contributed by atoms with Gasteiger partial charge in [-0.1, -0.05) is 0 Å². The van der Waals surface area contributed by atoms with E-state index < -0.39 is 17.7 Å². The summed E-state index contributed by atoms with van der Waals surface area (Å²) in [5.74, 6) is -1.29. The average molecular weight is 283 g/mol. The van der Waals surface area contributed by atoms with Crippen LogP contribution in [0.15, 0.2) is 12.1 Å². The van der Waals surface area contributed by atoms with Crippen molar-refractivity contribution in [3.8, 4) is 0 Å². The van der Waals surface area contributed by atoms with E-state index in [1.54, 1.807) is 18.7 Å². The number of nitrogens with one attached hydrogen (secondary N) is 2. The Kier molecular flexibility index (Phi) is 4.42. The molecule has 0 unspecified atom stereocenters. The van der Waals surface area contributed by atoms with E-state index in [9.17, 15) is 13.6 Å². The van der Waals surface area contributed by atoms with E-state index in [0.717, 1.165) is 25.0 Å². The minimum atomic E-state index is -0.647. The molecule has 1 aromatic rings. The quantitative estimate of drug-likeness (QED) is 0.895. The third-order valence-corrected chi connectivity index (χ3v) is 3.12. The van der Waals surface area contributed by atoms with Crippen LogP contribution >= 0.6 is 0 Å². The molecule has 0 saturated carbocycles. The summed E-state index contributed by atoms with van der Waals surface area (Å²) in [6.45, 7) is 4.93. The third-order valence-electron chi connectivity index (χ3n) is 3.12. The van der Waals surface area contributed by atoms with Gasteiger partial charge in [0.25, 0.3) is 0 Å². The number of halogens is 2. The van der Waals surface area contributed by atoms with Gasteiger partial charge in [-0.25, -0.2) is 13.6 Å². The lowest BCUT2D eigenvalue weighted by Gasteiger charge is -2.20. The molecule has 0 bridgehead atoms. The van der Waals surface area contributed by atoms with Crippen molar-refractivity contribution in [1.29, 1.82) is 0 Å². The SMILES string of the molecule is CC(C)NC(=O)Nc1cc(F)c(N2CCCC2)c(F)c1. The van der Waals surface area contributed by atoms with Gasteiger partial charge in [0.1, 0.15) is 5.69 Å². The Morgan fingerprint density at radius 1 is 1.20 bits per heavy atom. The predicted octanol–water partition coefficient (Wildman–Crippen LogP) is 3.09. The van der Waals surface area contributed by atoms with Gasteiger partial charge in [0.05, 0.1) is 0 Å². The summed E-state index contributed by atoms with van der Waals surface area (Å²) in [6, 6.07) is 1.77. The van der Waals surface area contributed by atoms with Crippen LogP contribution in [-0.4, -0.2) is 25.2 Å². The molecule has 0 aromatic heterocycles. The zero-order chi connectivity index (χ0) is 14.7. The van der Waals surface area contributed by atoms with Gasteiger partial charge in [0.15, 0.2) is 11.6 Å². The molecule has 110 valence electrons. The molecule has 2 amide bonds. The van der Waals surface area contributed by atoms with Crippen molar-refractivity contribution in [3.05, 3.63) is 23.8 Å². The summed E-state index contributed by atoms with van der Waals surface area (Å²) in [4.78, 5) is 13.2. The summed E-state index contributed by atoms with van der Waals surface area (Å²) in [7, 11) is 0. The molecule has 0 atom stereocenters. The van der Waals surface area contributed by atoms with E-state index in [4.69, 9.17) is 0 Å². The Morgan fingerprint density at radius 2 is 1.75 bits per heavy atom. The fourth-order valence-electron chi connectivity index (χ4n) is 2.31. The lowest BCUT2D eigenvalue weighted by Crippen LogP contribution is -2.34. The molecule has 6 heteroatoms. The highest BCUT2D eigenvalue weighted by molar-refractivity contribution is 5.89. The lowest BCUT2D eigenvalue weighted by molar-refractivity contribution is 0.250. The maximum atomic E-state index is 14.0. The van der Waals surface area contributed by atoms with Crippen LogP contribution in [-0.2, 0) is 0 Å². The summed E-state index contributed by atoms with van der Waals surface area (Å²) in [6.07, 6.45) is 1.88. The van der Waals surface area contributed by atoms with Crippen LogP contribution < -0.4 is 15.5 Å². The number of hydrogen-bond donors (Lipinski definition) is 2. The number of benzene rings is 1. The fraction of sp³-hybridized carbons (Fsp3) is 0.500. The third kappa shape index (κ3) is 3.37. The van der Waals surface area contributed by atoms with E-state index in [1.165, 1.54) is 0 Å². The molecule has 1 aromatic carbocycles. The minimum Gasteiger partial charge on any atom is -0.367 e. The first-order valence-corrected chi connectivity index (χ1v) is 6.79. The maximum Gasteiger partial charge on any atom is 0.319 e. The highest BCUT2D eigenvalue weighted by atomic mass is 19.1. The lowest BCUT2D eigenvalue weighted by atomic mass is 10.2. The standard InChI is InChI=1S/C14H19F2N3O/c1-9(2)17-14(20)18-10-7-11(15)13(12(16)8-10)19-5-3-4-6-19/h7-9H,3-6H2,1-2H3,(H2,17,18,20). The van der Waals surface area contributed by atoms with E-state index in [1.807, 2.05) is 0 Å². The molecule has 2 N–H and O–H groups in total. The van der Waals surface area contributed by atoms with Gasteiger partial charge in [-0.2, -0.15) is 0 Å². The topological polar surface area (TPSA) is 44.4 Å². The molecule has 0 spiro atoms. The van der Waals surface area contributed by atoms with Crippen LogP contribution in [0.25, 0.3) is 0 Å². The smallest absolute Gasteiger partial charge is 0.319 e. The second-order valence-corrected chi connectivity index (χ2v) is 5.24. The van der Waals surface area contributed by atoms with Crippen molar-refractivity contribution < 1.29 is 13.6 Å². The molecule has 0 radical (unpaired) electrons. The fourth-order valence-corrected chi connectivity index (χ4v) is 2.31. The second kappa shape index (κ2) is 6.07. The van der Waals surface area contributed by atoms with Crippen molar-refractivity contribution in [2.75, 3.05) is 23.3 Å². The first kappa shape index (κ1) is 14.6. The van der Waals surface area contributed by atoms with Crippen molar-refractivity contribution in [2.24, 2.45) is 0 Å². The second-order valence-electron chi connectivity index (χ2n) is 5.24. The van der Waals surface area contributed by atoms with Crippen LogP contribution in [0.1, 0.15) is 26.7 Å². The predicted molar refractivity (Wildman–Crippen MR) is 75.1 cm³/mol. The number of rotatable bonds is 3. The van der Waals surface area contributed by atoms with Gasteiger partial charge in [-0.15, -0.1) is 0 Å². The Bertz CT molecular complexity index is 476. The van der Waals surface area contributed by atoms with Gasteiger partial charge in [-0.05, 0) is 38.8 Å². The van der Waals surface area contributed by atoms with Crippen LogP contribution in [0.3, 0.4) is 0 Å². The highest BCUT2D eigenvalue weighted by Gasteiger charge is 2.21. The Morgan fingerprint density at radius 3 is 2.25 bits per heavy atom. The minimum absolute atomic E-state index is 0.00248. The summed E-state index contributed by atoms with van der Waals surface area (Å²) in [5, 5.41) is 5.02. The largest absolute Gasteiger partial charge is 0.367 e. The van der Waals surface area contributed by atoms with Gasteiger partial charge >= 0.3 is 6.03 Å². The van der Waals surface area contributed by atoms with Crippen LogP contribution in [0.4, 0.5) is 25.0 Å². The van der Waals surface area contributed by atoms with Crippen molar-refractivity contribution in [2.45, 2.75) is 32.7 Å². The molecule has 0 aliphatic carbocycles. The molecule has 4 nitrogen and oxygen atoms in total. The number of hydrogen-bond acceptors (Lipinski definition) is 2. The first-order chi connectivity index (χ1) is 9.47. The summed E-state index contributed by atoms with van der Waals surface area (Å²) >= 11 is 0. The van der Waals surface area contributed by atoms with Crippen LogP contribution in [0.5, 0.6) is 0 Å². The monoisotopic (exact) mass is 283 g/mol.